The lowest BCUT2D eigenvalue weighted by atomic mass is 10.0. The molecule has 3 rings (SSSR count). The van der Waals surface area contributed by atoms with Crippen LogP contribution in [-0.2, 0) is 12.6 Å². The van der Waals surface area contributed by atoms with Crippen molar-refractivity contribution in [3.63, 3.8) is 0 Å². The first-order valence-electron chi connectivity index (χ1n) is 6.38. The topological polar surface area (TPSA) is 45.8 Å². The van der Waals surface area contributed by atoms with Gasteiger partial charge in [0.25, 0.3) is 0 Å². The monoisotopic (exact) mass is 292 g/mol. The highest BCUT2D eigenvalue weighted by Gasteiger charge is 2.36. The molecule has 1 aromatic heterocycles. The second-order valence-electron chi connectivity index (χ2n) is 4.84. The number of rotatable bonds is 3. The summed E-state index contributed by atoms with van der Waals surface area (Å²) in [5.74, 6) is -0.404. The summed E-state index contributed by atoms with van der Waals surface area (Å²) in [4.78, 5) is 12.4. The van der Waals surface area contributed by atoms with Crippen LogP contribution in [0.15, 0.2) is 30.9 Å². The Kier molecular flexibility index (Phi) is 2.97. The number of carbonyl (C=O) groups excluding carboxylic acids is 1. The second-order valence-corrected chi connectivity index (χ2v) is 4.84. The van der Waals surface area contributed by atoms with E-state index >= 15 is 0 Å². The Morgan fingerprint density at radius 2 is 2.05 bits per heavy atom. The molecule has 0 bridgehead atoms. The van der Waals surface area contributed by atoms with Crippen molar-refractivity contribution in [3.05, 3.63) is 53.2 Å². The number of carbonyl (C=O) groups is 1. The highest BCUT2D eigenvalue weighted by Crippen LogP contribution is 2.40. The molecule has 0 amide bonds. The summed E-state index contributed by atoms with van der Waals surface area (Å²) < 4.78 is 38.2. The van der Waals surface area contributed by atoms with Gasteiger partial charge >= 0.3 is 6.18 Å². The highest BCUT2D eigenvalue weighted by atomic mass is 19.4. The van der Waals surface area contributed by atoms with Gasteiger partial charge in [0.1, 0.15) is 5.69 Å². The summed E-state index contributed by atoms with van der Waals surface area (Å²) >= 11 is 0. The highest BCUT2D eigenvalue weighted by molar-refractivity contribution is 6.21. The molecule has 0 unspecified atom stereocenters. The summed E-state index contributed by atoms with van der Waals surface area (Å²) in [5.41, 5.74) is 1.14. The van der Waals surface area contributed by atoms with E-state index in [1.165, 1.54) is 6.07 Å². The van der Waals surface area contributed by atoms with Crippen molar-refractivity contribution in [1.82, 2.24) is 10.2 Å². The fourth-order valence-electron chi connectivity index (χ4n) is 2.49. The fourth-order valence-corrected chi connectivity index (χ4v) is 2.49. The van der Waals surface area contributed by atoms with E-state index in [-0.39, 0.29) is 5.56 Å². The van der Waals surface area contributed by atoms with Gasteiger partial charge in [0.05, 0.1) is 11.1 Å². The van der Waals surface area contributed by atoms with Crippen molar-refractivity contribution in [2.45, 2.75) is 19.0 Å². The third kappa shape index (κ3) is 2.07. The van der Waals surface area contributed by atoms with Crippen LogP contribution in [0.4, 0.5) is 13.2 Å². The standard InChI is InChI=1S/C15H11F3N2O/c1-2-3-4-11-12-13(20-19-11)9-6-5-8(15(16,17)18)7-10(9)14(12)21/h2,5-7H,1,3-4H2,(H,19,20). The van der Waals surface area contributed by atoms with Crippen LogP contribution in [0.5, 0.6) is 0 Å². The molecule has 0 saturated carbocycles. The van der Waals surface area contributed by atoms with E-state index in [9.17, 15) is 18.0 Å². The third-order valence-electron chi connectivity index (χ3n) is 3.51. The predicted octanol–water partition coefficient (Wildman–Crippen LogP) is 3.76. The summed E-state index contributed by atoms with van der Waals surface area (Å²) in [6.07, 6.45) is -1.54. The van der Waals surface area contributed by atoms with Crippen molar-refractivity contribution >= 4 is 5.78 Å². The molecule has 1 N–H and O–H groups in total. The number of allylic oxidation sites excluding steroid dienone is 1. The molecular formula is C15H11F3N2O. The molecule has 1 aromatic carbocycles. The van der Waals surface area contributed by atoms with Crippen LogP contribution in [0, 0.1) is 0 Å². The van der Waals surface area contributed by atoms with Gasteiger partial charge in [-0.25, -0.2) is 0 Å². The Bertz CT molecular complexity index is 744. The van der Waals surface area contributed by atoms with Crippen molar-refractivity contribution < 1.29 is 18.0 Å². The first-order chi connectivity index (χ1) is 9.93. The maximum atomic E-state index is 12.7. The van der Waals surface area contributed by atoms with Gasteiger partial charge in [-0.05, 0) is 25.0 Å². The van der Waals surface area contributed by atoms with Crippen LogP contribution in [0.1, 0.15) is 33.6 Å². The minimum Gasteiger partial charge on any atom is -0.288 e. The second kappa shape index (κ2) is 4.58. The number of nitrogens with zero attached hydrogens (tertiary/aromatic N) is 1. The normalized spacial score (nSPS) is 13.2. The SMILES string of the molecule is C=CCCc1[nH]nc2c1C(=O)c1cc(C(F)(F)F)ccc1-2. The summed E-state index contributed by atoms with van der Waals surface area (Å²) in [6.45, 7) is 3.61. The lowest BCUT2D eigenvalue weighted by molar-refractivity contribution is -0.137. The van der Waals surface area contributed by atoms with Gasteiger partial charge in [0.2, 0.25) is 0 Å². The zero-order chi connectivity index (χ0) is 15.2. The molecule has 0 radical (unpaired) electrons. The van der Waals surface area contributed by atoms with Crippen molar-refractivity contribution in [2.24, 2.45) is 0 Å². The predicted molar refractivity (Wildman–Crippen MR) is 71.0 cm³/mol. The largest absolute Gasteiger partial charge is 0.416 e. The number of benzene rings is 1. The van der Waals surface area contributed by atoms with E-state index in [1.807, 2.05) is 0 Å². The van der Waals surface area contributed by atoms with Crippen LogP contribution < -0.4 is 0 Å². The number of aromatic nitrogens is 2. The zero-order valence-electron chi connectivity index (χ0n) is 10.9. The Morgan fingerprint density at radius 3 is 2.71 bits per heavy atom. The van der Waals surface area contributed by atoms with Crippen LogP contribution in [0.25, 0.3) is 11.3 Å². The van der Waals surface area contributed by atoms with E-state index < -0.39 is 17.5 Å². The molecule has 3 nitrogen and oxygen atoms in total. The number of H-pyrrole nitrogens is 1. The van der Waals surface area contributed by atoms with Gasteiger partial charge in [-0.2, -0.15) is 18.3 Å². The van der Waals surface area contributed by atoms with E-state index in [0.717, 1.165) is 12.1 Å². The maximum Gasteiger partial charge on any atom is 0.416 e. The minimum atomic E-state index is -4.47. The van der Waals surface area contributed by atoms with Crippen LogP contribution in [0.2, 0.25) is 0 Å². The summed E-state index contributed by atoms with van der Waals surface area (Å²) in [5, 5.41) is 6.86. The fraction of sp³-hybridized carbons (Fsp3) is 0.200. The number of hydrogen-bond acceptors (Lipinski definition) is 2. The zero-order valence-corrected chi connectivity index (χ0v) is 10.9. The average Bonchev–Trinajstić information content (AvgIpc) is 2.96. The Labute approximate surface area is 118 Å². The van der Waals surface area contributed by atoms with Gasteiger partial charge in [-0.15, -0.1) is 6.58 Å². The average molecular weight is 292 g/mol. The summed E-state index contributed by atoms with van der Waals surface area (Å²) in [6, 6.07) is 3.18. The molecule has 108 valence electrons. The number of ketones is 1. The molecule has 0 aliphatic heterocycles. The van der Waals surface area contributed by atoms with Gasteiger partial charge in [-0.3, -0.25) is 9.89 Å². The van der Waals surface area contributed by atoms with Gasteiger partial charge in [-0.1, -0.05) is 12.1 Å². The number of halogens is 3. The quantitative estimate of drug-likeness (QED) is 0.747. The molecule has 2 aromatic rings. The van der Waals surface area contributed by atoms with E-state index in [0.29, 0.717) is 35.4 Å². The number of alkyl halides is 3. The molecule has 1 aliphatic carbocycles. The first kappa shape index (κ1) is 13.6. The smallest absolute Gasteiger partial charge is 0.288 e. The van der Waals surface area contributed by atoms with Crippen molar-refractivity contribution in [2.75, 3.05) is 0 Å². The van der Waals surface area contributed by atoms with Crippen LogP contribution in [0.3, 0.4) is 0 Å². The molecule has 6 heteroatoms. The van der Waals surface area contributed by atoms with Crippen molar-refractivity contribution in [3.8, 4) is 11.3 Å². The molecule has 0 atom stereocenters. The molecule has 0 saturated heterocycles. The van der Waals surface area contributed by atoms with Gasteiger partial charge in [0.15, 0.2) is 5.78 Å². The minimum absolute atomic E-state index is 0.0659. The molecule has 1 heterocycles. The Hall–Kier alpha value is -2.37. The van der Waals surface area contributed by atoms with E-state index in [4.69, 9.17) is 0 Å². The summed E-state index contributed by atoms with van der Waals surface area (Å²) in [7, 11) is 0. The van der Waals surface area contributed by atoms with E-state index in [2.05, 4.69) is 16.8 Å². The van der Waals surface area contributed by atoms with Gasteiger partial charge < -0.3 is 0 Å². The number of fused-ring (bicyclic) bond motifs is 3. The number of aromatic amines is 1. The molecule has 0 spiro atoms. The molecular weight excluding hydrogens is 281 g/mol. The molecule has 1 aliphatic rings. The number of nitrogens with one attached hydrogen (secondary N) is 1. The van der Waals surface area contributed by atoms with Gasteiger partial charge in [0, 0.05) is 16.8 Å². The first-order valence-corrected chi connectivity index (χ1v) is 6.38. The Balaban J connectivity index is 2.08. The van der Waals surface area contributed by atoms with E-state index in [1.54, 1.807) is 6.08 Å². The number of aryl methyl sites for hydroxylation is 1. The third-order valence-corrected chi connectivity index (χ3v) is 3.51. The van der Waals surface area contributed by atoms with Crippen molar-refractivity contribution in [1.29, 1.82) is 0 Å². The van der Waals surface area contributed by atoms with Crippen LogP contribution >= 0.6 is 0 Å². The molecule has 0 fully saturated rings. The Morgan fingerprint density at radius 1 is 1.29 bits per heavy atom. The molecule has 21 heavy (non-hydrogen) atoms. The lowest BCUT2D eigenvalue weighted by Crippen LogP contribution is -2.07. The number of hydrogen-bond donors (Lipinski definition) is 1. The van der Waals surface area contributed by atoms with Crippen LogP contribution in [-0.4, -0.2) is 16.0 Å². The maximum absolute atomic E-state index is 12.7. The lowest BCUT2D eigenvalue weighted by Gasteiger charge is -2.07.